The Balaban J connectivity index is 2.89. The largest absolute Gasteiger partial charge is 0.486 e. The van der Waals surface area contributed by atoms with E-state index in [1.165, 1.54) is 12.1 Å². The van der Waals surface area contributed by atoms with Crippen LogP contribution >= 0.6 is 0 Å². The van der Waals surface area contributed by atoms with Gasteiger partial charge in [0.05, 0.1) is 4.90 Å². The topological polar surface area (TPSA) is 93.2 Å². The van der Waals surface area contributed by atoms with Gasteiger partial charge in [-0.1, -0.05) is 6.07 Å². The summed E-state index contributed by atoms with van der Waals surface area (Å²) in [5.41, 5.74) is 5.10. The number of sulfone groups is 1. The predicted octanol–water partition coefficient (Wildman–Crippen LogP) is 0.405. The Hall–Kier alpha value is -1.56. The van der Waals surface area contributed by atoms with Crippen LogP contribution in [-0.2, 0) is 9.84 Å². The number of amidine groups is 1. The molecule has 0 aliphatic rings. The molecule has 3 N–H and O–H groups in total. The number of nitrogens with two attached hydrogens (primary N) is 1. The number of nitrogens with one attached hydrogen (secondary N) is 1. The summed E-state index contributed by atoms with van der Waals surface area (Å²) in [6.07, 6.45) is 1.12. The van der Waals surface area contributed by atoms with Crippen molar-refractivity contribution < 1.29 is 13.2 Å². The van der Waals surface area contributed by atoms with Crippen LogP contribution < -0.4 is 10.5 Å². The van der Waals surface area contributed by atoms with Crippen LogP contribution in [0, 0.1) is 5.41 Å². The lowest BCUT2D eigenvalue weighted by molar-refractivity contribution is 0.373. The molecule has 0 amide bonds. The quantitative estimate of drug-likeness (QED) is 0.576. The summed E-state index contributed by atoms with van der Waals surface area (Å²) in [5.74, 6) is 0.271. The molecule has 6 heteroatoms. The maximum atomic E-state index is 11.2. The summed E-state index contributed by atoms with van der Waals surface area (Å²) in [6, 6.07) is 6.07. The van der Waals surface area contributed by atoms with Crippen LogP contribution in [0.1, 0.15) is 0 Å². The summed E-state index contributed by atoms with van der Waals surface area (Å²) in [6.45, 7) is -0.0484. The number of ether oxygens (including phenoxy) is 1. The van der Waals surface area contributed by atoms with Crippen molar-refractivity contribution in [3.8, 4) is 5.75 Å². The minimum absolute atomic E-state index is 0.0484. The maximum Gasteiger partial charge on any atom is 0.175 e. The molecule has 5 nitrogen and oxygen atoms in total. The molecule has 0 aliphatic carbocycles. The molecule has 0 radical (unpaired) electrons. The second-order valence-corrected chi connectivity index (χ2v) is 5.08. The van der Waals surface area contributed by atoms with Crippen molar-refractivity contribution in [2.45, 2.75) is 4.90 Å². The van der Waals surface area contributed by atoms with Gasteiger partial charge in [-0.25, -0.2) is 8.42 Å². The molecule has 0 saturated heterocycles. The van der Waals surface area contributed by atoms with E-state index in [1.54, 1.807) is 12.1 Å². The summed E-state index contributed by atoms with van der Waals surface area (Å²) in [4.78, 5) is 0.184. The minimum Gasteiger partial charge on any atom is -0.486 e. The fraction of sp³-hybridized carbons (Fsp3) is 0.222. The van der Waals surface area contributed by atoms with Crippen LogP contribution in [0.2, 0.25) is 0 Å². The first-order chi connectivity index (χ1) is 6.89. The first-order valence-electron chi connectivity index (χ1n) is 4.15. The lowest BCUT2D eigenvalue weighted by Gasteiger charge is -2.05. The number of hydrogen-bond donors (Lipinski definition) is 2. The molecule has 15 heavy (non-hydrogen) atoms. The van der Waals surface area contributed by atoms with Gasteiger partial charge in [-0.2, -0.15) is 0 Å². The van der Waals surface area contributed by atoms with E-state index in [4.69, 9.17) is 15.9 Å². The van der Waals surface area contributed by atoms with Crippen molar-refractivity contribution in [1.29, 1.82) is 5.41 Å². The van der Waals surface area contributed by atoms with Crippen LogP contribution in [0.3, 0.4) is 0 Å². The van der Waals surface area contributed by atoms with Gasteiger partial charge in [-0.3, -0.25) is 5.41 Å². The van der Waals surface area contributed by atoms with E-state index in [2.05, 4.69) is 0 Å². The zero-order valence-electron chi connectivity index (χ0n) is 8.23. The van der Waals surface area contributed by atoms with E-state index < -0.39 is 9.84 Å². The fourth-order valence-electron chi connectivity index (χ4n) is 0.956. The lowest BCUT2D eigenvalue weighted by atomic mass is 10.3. The number of hydrogen-bond acceptors (Lipinski definition) is 4. The molecule has 82 valence electrons. The Morgan fingerprint density at radius 3 is 2.73 bits per heavy atom. The van der Waals surface area contributed by atoms with Gasteiger partial charge in [0.25, 0.3) is 0 Å². The van der Waals surface area contributed by atoms with Gasteiger partial charge in [-0.05, 0) is 18.2 Å². The molecule has 0 saturated carbocycles. The van der Waals surface area contributed by atoms with E-state index in [9.17, 15) is 8.42 Å². The third kappa shape index (κ3) is 3.59. The van der Waals surface area contributed by atoms with Gasteiger partial charge in [0.1, 0.15) is 18.2 Å². The maximum absolute atomic E-state index is 11.2. The summed E-state index contributed by atoms with van der Waals surface area (Å²) < 4.78 is 27.5. The molecule has 0 spiro atoms. The highest BCUT2D eigenvalue weighted by molar-refractivity contribution is 7.90. The summed E-state index contributed by atoms with van der Waals surface area (Å²) in [7, 11) is -3.23. The summed E-state index contributed by atoms with van der Waals surface area (Å²) >= 11 is 0. The Morgan fingerprint density at radius 1 is 1.53 bits per heavy atom. The Bertz CT molecular complexity index is 468. The van der Waals surface area contributed by atoms with Gasteiger partial charge in [0.15, 0.2) is 9.84 Å². The van der Waals surface area contributed by atoms with Crippen molar-refractivity contribution >= 4 is 15.7 Å². The highest BCUT2D eigenvalue weighted by atomic mass is 32.2. The monoisotopic (exact) mass is 228 g/mol. The zero-order chi connectivity index (χ0) is 11.5. The number of rotatable bonds is 4. The highest BCUT2D eigenvalue weighted by Crippen LogP contribution is 2.16. The first kappa shape index (κ1) is 11.5. The van der Waals surface area contributed by atoms with E-state index >= 15 is 0 Å². The van der Waals surface area contributed by atoms with Crippen LogP contribution in [0.5, 0.6) is 5.75 Å². The molecule has 1 aromatic carbocycles. The highest BCUT2D eigenvalue weighted by Gasteiger charge is 2.07. The van der Waals surface area contributed by atoms with Gasteiger partial charge in [0, 0.05) is 6.26 Å². The molecule has 1 rings (SSSR count). The smallest absolute Gasteiger partial charge is 0.175 e. The molecule has 0 aromatic heterocycles. The van der Waals surface area contributed by atoms with E-state index in [0.29, 0.717) is 5.75 Å². The standard InChI is InChI=1S/C9H12N2O3S/c1-15(12,13)8-4-2-3-7(5-8)14-6-9(10)11/h2-5H,6H2,1H3,(H3,10,11). The molecule has 0 fully saturated rings. The molecule has 0 aliphatic heterocycles. The Kier molecular flexibility index (Phi) is 3.31. The van der Waals surface area contributed by atoms with Crippen LogP contribution in [0.25, 0.3) is 0 Å². The zero-order valence-corrected chi connectivity index (χ0v) is 9.04. The molecule has 1 aromatic rings. The Morgan fingerprint density at radius 2 is 2.20 bits per heavy atom. The van der Waals surface area contributed by atoms with Crippen molar-refractivity contribution in [3.63, 3.8) is 0 Å². The second-order valence-electron chi connectivity index (χ2n) is 3.06. The van der Waals surface area contributed by atoms with Crippen LogP contribution in [0.15, 0.2) is 29.2 Å². The fourth-order valence-corrected chi connectivity index (χ4v) is 1.61. The molecule has 0 atom stereocenters. The van der Waals surface area contributed by atoms with Crippen molar-refractivity contribution in [3.05, 3.63) is 24.3 Å². The molecular formula is C9H12N2O3S. The normalized spacial score (nSPS) is 11.0. The summed E-state index contributed by atoms with van der Waals surface area (Å²) in [5, 5.41) is 6.95. The van der Waals surface area contributed by atoms with Gasteiger partial charge in [-0.15, -0.1) is 0 Å². The van der Waals surface area contributed by atoms with E-state index in [-0.39, 0.29) is 17.3 Å². The van der Waals surface area contributed by atoms with Gasteiger partial charge < -0.3 is 10.5 Å². The molecule has 0 unspecified atom stereocenters. The molecule has 0 bridgehead atoms. The first-order valence-corrected chi connectivity index (χ1v) is 6.04. The third-order valence-corrected chi connectivity index (χ3v) is 2.74. The van der Waals surface area contributed by atoms with Crippen molar-refractivity contribution in [2.24, 2.45) is 5.73 Å². The lowest BCUT2D eigenvalue weighted by Crippen LogP contribution is -2.19. The van der Waals surface area contributed by atoms with Crippen molar-refractivity contribution in [1.82, 2.24) is 0 Å². The second kappa shape index (κ2) is 4.31. The van der Waals surface area contributed by atoms with Gasteiger partial charge in [0.2, 0.25) is 0 Å². The van der Waals surface area contributed by atoms with E-state index in [1.807, 2.05) is 0 Å². The average molecular weight is 228 g/mol. The Labute approximate surface area is 88.3 Å². The molecular weight excluding hydrogens is 216 g/mol. The minimum atomic E-state index is -3.23. The van der Waals surface area contributed by atoms with Crippen LogP contribution in [0.4, 0.5) is 0 Å². The SMILES string of the molecule is CS(=O)(=O)c1cccc(OCC(=N)N)c1. The number of benzene rings is 1. The van der Waals surface area contributed by atoms with Crippen LogP contribution in [-0.4, -0.2) is 27.1 Å². The predicted molar refractivity (Wildman–Crippen MR) is 57.0 cm³/mol. The van der Waals surface area contributed by atoms with E-state index in [0.717, 1.165) is 6.26 Å². The average Bonchev–Trinajstić information content (AvgIpc) is 2.14. The van der Waals surface area contributed by atoms with Gasteiger partial charge >= 0.3 is 0 Å². The van der Waals surface area contributed by atoms with Crippen molar-refractivity contribution in [2.75, 3.05) is 12.9 Å². The third-order valence-electron chi connectivity index (χ3n) is 1.63. The molecule has 0 heterocycles.